The predicted molar refractivity (Wildman–Crippen MR) is 56.7 cm³/mol. The number of benzene rings is 1. The van der Waals surface area contributed by atoms with Crippen molar-refractivity contribution in [3.05, 3.63) is 43.0 Å². The Balaban J connectivity index is 2.33. The monoisotopic (exact) mass is 201 g/mol. The Hall–Kier alpha value is -1.68. The summed E-state index contributed by atoms with van der Waals surface area (Å²) in [4.78, 5) is 4.03. The van der Waals surface area contributed by atoms with E-state index in [-0.39, 0.29) is 0 Å². The molecule has 0 aliphatic carbocycles. The summed E-state index contributed by atoms with van der Waals surface area (Å²) in [5.74, 6) is 0. The summed E-state index contributed by atoms with van der Waals surface area (Å²) >= 11 is 1.49. The van der Waals surface area contributed by atoms with Crippen LogP contribution in [0.1, 0.15) is 0 Å². The highest BCUT2D eigenvalue weighted by Gasteiger charge is 2.05. The highest BCUT2D eigenvalue weighted by Crippen LogP contribution is 2.25. The number of nitrogens with zero attached hydrogens (tertiary/aromatic N) is 3. The molecule has 68 valence electrons. The van der Waals surface area contributed by atoms with E-state index in [0.29, 0.717) is 0 Å². The van der Waals surface area contributed by atoms with Gasteiger partial charge in [-0.3, -0.25) is 4.57 Å². The second kappa shape index (κ2) is 2.92. The highest BCUT2D eigenvalue weighted by molar-refractivity contribution is 7.10. The fraction of sp³-hybridized carbons (Fsp3) is 0. The van der Waals surface area contributed by atoms with Crippen LogP contribution in [-0.2, 0) is 0 Å². The first kappa shape index (κ1) is 7.70. The Morgan fingerprint density at radius 2 is 2.14 bits per heavy atom. The van der Waals surface area contributed by atoms with Crippen LogP contribution in [0.15, 0.2) is 43.0 Å². The predicted octanol–water partition coefficient (Wildman–Crippen LogP) is 2.48. The van der Waals surface area contributed by atoms with Crippen LogP contribution in [0.2, 0.25) is 0 Å². The first-order chi connectivity index (χ1) is 6.95. The molecule has 0 atom stereocenters. The molecule has 0 aliphatic rings. The van der Waals surface area contributed by atoms with Gasteiger partial charge in [0.15, 0.2) is 0 Å². The quantitative estimate of drug-likeness (QED) is 0.605. The molecule has 0 bridgehead atoms. The number of rotatable bonds is 1. The molecule has 2 heterocycles. The summed E-state index contributed by atoms with van der Waals surface area (Å²) in [7, 11) is 0. The standard InChI is InChI=1S/C10H7N3S/c1-2-4-9-8(3-1)10(14-12-9)13-6-5-11-7-13/h1-7H. The normalized spacial score (nSPS) is 10.9. The van der Waals surface area contributed by atoms with Crippen LogP contribution in [0.3, 0.4) is 0 Å². The number of hydrogen-bond donors (Lipinski definition) is 0. The van der Waals surface area contributed by atoms with Gasteiger partial charge in [-0.15, -0.1) is 0 Å². The van der Waals surface area contributed by atoms with Gasteiger partial charge in [0.25, 0.3) is 0 Å². The molecule has 3 nitrogen and oxygen atoms in total. The summed E-state index contributed by atoms with van der Waals surface area (Å²) in [5, 5.41) is 2.30. The average molecular weight is 201 g/mol. The zero-order valence-electron chi connectivity index (χ0n) is 7.29. The number of fused-ring (bicyclic) bond motifs is 1. The SMILES string of the molecule is c1ccc2c(-n3ccnc3)snc2c1. The van der Waals surface area contributed by atoms with Crippen molar-refractivity contribution in [1.29, 1.82) is 0 Å². The molecule has 0 unspecified atom stereocenters. The van der Waals surface area contributed by atoms with Gasteiger partial charge in [0.05, 0.1) is 11.8 Å². The number of aromatic nitrogens is 3. The second-order valence-electron chi connectivity index (χ2n) is 2.97. The van der Waals surface area contributed by atoms with Gasteiger partial charge in [-0.25, -0.2) is 4.98 Å². The molecule has 0 aliphatic heterocycles. The van der Waals surface area contributed by atoms with E-state index < -0.39 is 0 Å². The van der Waals surface area contributed by atoms with E-state index in [1.165, 1.54) is 16.9 Å². The lowest BCUT2D eigenvalue weighted by molar-refractivity contribution is 1.09. The molecule has 0 N–H and O–H groups in total. The Labute approximate surface area is 84.8 Å². The molecule has 3 rings (SSSR count). The summed E-state index contributed by atoms with van der Waals surface area (Å²) in [6, 6.07) is 8.12. The van der Waals surface area contributed by atoms with Gasteiger partial charge in [0.1, 0.15) is 5.00 Å². The van der Waals surface area contributed by atoms with E-state index in [1.807, 2.05) is 29.0 Å². The fourth-order valence-electron chi connectivity index (χ4n) is 1.44. The van der Waals surface area contributed by atoms with Crippen molar-refractivity contribution in [3.63, 3.8) is 0 Å². The third kappa shape index (κ3) is 1.04. The Kier molecular flexibility index (Phi) is 1.61. The lowest BCUT2D eigenvalue weighted by Crippen LogP contribution is -1.84. The van der Waals surface area contributed by atoms with Crippen molar-refractivity contribution in [3.8, 4) is 5.00 Å². The molecule has 0 fully saturated rings. The van der Waals surface area contributed by atoms with E-state index in [1.54, 1.807) is 12.5 Å². The van der Waals surface area contributed by atoms with Crippen molar-refractivity contribution >= 4 is 22.4 Å². The van der Waals surface area contributed by atoms with Crippen molar-refractivity contribution in [2.75, 3.05) is 0 Å². The molecule has 0 saturated heterocycles. The van der Waals surface area contributed by atoms with Gasteiger partial charge in [-0.05, 0) is 23.7 Å². The van der Waals surface area contributed by atoms with Crippen LogP contribution in [0.25, 0.3) is 15.9 Å². The van der Waals surface area contributed by atoms with Gasteiger partial charge in [-0.2, -0.15) is 4.37 Å². The minimum absolute atomic E-state index is 1.04. The molecule has 4 heteroatoms. The lowest BCUT2D eigenvalue weighted by atomic mass is 10.2. The molecular formula is C10H7N3S. The Morgan fingerprint density at radius 1 is 1.21 bits per heavy atom. The average Bonchev–Trinajstić information content (AvgIpc) is 2.85. The third-order valence-corrected chi connectivity index (χ3v) is 3.00. The summed E-state index contributed by atoms with van der Waals surface area (Å²) in [6.45, 7) is 0. The maximum Gasteiger partial charge on any atom is 0.129 e. The molecular weight excluding hydrogens is 194 g/mol. The van der Waals surface area contributed by atoms with E-state index in [9.17, 15) is 0 Å². The molecule has 1 aromatic carbocycles. The molecule has 0 radical (unpaired) electrons. The molecule has 14 heavy (non-hydrogen) atoms. The maximum atomic E-state index is 4.37. The highest BCUT2D eigenvalue weighted by atomic mass is 32.1. The fourth-order valence-corrected chi connectivity index (χ4v) is 2.26. The molecule has 0 amide bonds. The summed E-state index contributed by atoms with van der Waals surface area (Å²) in [5.41, 5.74) is 1.04. The van der Waals surface area contributed by atoms with Gasteiger partial charge in [-0.1, -0.05) is 12.1 Å². The van der Waals surface area contributed by atoms with E-state index in [2.05, 4.69) is 15.4 Å². The van der Waals surface area contributed by atoms with Gasteiger partial charge in [0, 0.05) is 17.8 Å². The molecule has 0 spiro atoms. The minimum atomic E-state index is 1.04. The van der Waals surface area contributed by atoms with Crippen LogP contribution >= 0.6 is 11.5 Å². The maximum absolute atomic E-state index is 4.37. The van der Waals surface area contributed by atoms with Crippen LogP contribution in [0.4, 0.5) is 0 Å². The van der Waals surface area contributed by atoms with Crippen LogP contribution in [0.5, 0.6) is 0 Å². The van der Waals surface area contributed by atoms with Gasteiger partial charge in [0.2, 0.25) is 0 Å². The smallest absolute Gasteiger partial charge is 0.129 e. The van der Waals surface area contributed by atoms with E-state index in [0.717, 1.165) is 10.5 Å². The molecule has 2 aromatic heterocycles. The van der Waals surface area contributed by atoms with Gasteiger partial charge >= 0.3 is 0 Å². The largest absolute Gasteiger partial charge is 0.296 e. The van der Waals surface area contributed by atoms with Crippen LogP contribution < -0.4 is 0 Å². The third-order valence-electron chi connectivity index (χ3n) is 2.10. The van der Waals surface area contributed by atoms with Crippen LogP contribution in [0, 0.1) is 0 Å². The van der Waals surface area contributed by atoms with Crippen molar-refractivity contribution in [1.82, 2.24) is 13.9 Å². The van der Waals surface area contributed by atoms with Crippen LogP contribution in [-0.4, -0.2) is 13.9 Å². The summed E-state index contributed by atoms with van der Waals surface area (Å²) < 4.78 is 6.35. The van der Waals surface area contributed by atoms with Crippen molar-refractivity contribution in [2.24, 2.45) is 0 Å². The van der Waals surface area contributed by atoms with Gasteiger partial charge < -0.3 is 0 Å². The van der Waals surface area contributed by atoms with Crippen molar-refractivity contribution in [2.45, 2.75) is 0 Å². The first-order valence-corrected chi connectivity index (χ1v) is 5.05. The zero-order chi connectivity index (χ0) is 9.38. The Morgan fingerprint density at radius 3 is 3.00 bits per heavy atom. The second-order valence-corrected chi connectivity index (χ2v) is 3.73. The lowest BCUT2D eigenvalue weighted by Gasteiger charge is -1.95. The summed E-state index contributed by atoms with van der Waals surface area (Å²) in [6.07, 6.45) is 5.49. The molecule has 3 aromatic rings. The number of hydrogen-bond acceptors (Lipinski definition) is 3. The Bertz CT molecular complexity index is 554. The van der Waals surface area contributed by atoms with E-state index in [4.69, 9.17) is 0 Å². The number of imidazole rings is 1. The minimum Gasteiger partial charge on any atom is -0.296 e. The molecule has 0 saturated carbocycles. The van der Waals surface area contributed by atoms with Crippen molar-refractivity contribution < 1.29 is 0 Å². The topological polar surface area (TPSA) is 30.7 Å². The van der Waals surface area contributed by atoms with E-state index >= 15 is 0 Å². The first-order valence-electron chi connectivity index (χ1n) is 4.28. The zero-order valence-corrected chi connectivity index (χ0v) is 8.11.